The topological polar surface area (TPSA) is 161 Å². The Kier molecular flexibility index (Phi) is 7.44. The summed E-state index contributed by atoms with van der Waals surface area (Å²) < 4.78 is 33.6. The molecule has 13 heteroatoms. The van der Waals surface area contributed by atoms with E-state index in [0.717, 1.165) is 35.4 Å². The molecule has 5 N–H and O–H groups in total. The maximum Gasteiger partial charge on any atom is 0.261 e. The number of morpholine rings is 1. The first kappa shape index (κ1) is 26.5. The van der Waals surface area contributed by atoms with Crippen molar-refractivity contribution in [3.63, 3.8) is 0 Å². The van der Waals surface area contributed by atoms with Gasteiger partial charge >= 0.3 is 0 Å². The number of aromatic nitrogens is 5. The fourth-order valence-electron chi connectivity index (χ4n) is 4.27. The summed E-state index contributed by atoms with van der Waals surface area (Å²) in [5.41, 5.74) is 3.71. The van der Waals surface area contributed by atoms with Gasteiger partial charge in [0.1, 0.15) is 11.5 Å². The SMILES string of the molecule is N.O=S(=O)(Nc1cc(-c2cnc3[nH]nc(-c4ccc(N5CCOCC5)nc4)c3c2)cnc1Cl)c1ccccc1. The number of pyridine rings is 3. The normalized spacial score (nSPS) is 13.7. The highest BCUT2D eigenvalue weighted by Crippen LogP contribution is 2.32. The van der Waals surface area contributed by atoms with E-state index >= 15 is 0 Å². The zero-order valence-electron chi connectivity index (χ0n) is 20.7. The third-order valence-corrected chi connectivity index (χ3v) is 7.93. The molecule has 1 fully saturated rings. The number of sulfonamides is 1. The van der Waals surface area contributed by atoms with Gasteiger partial charge in [0.05, 0.1) is 23.8 Å². The van der Waals surface area contributed by atoms with Crippen molar-refractivity contribution < 1.29 is 13.2 Å². The van der Waals surface area contributed by atoms with Crippen molar-refractivity contribution in [1.29, 1.82) is 0 Å². The number of fused-ring (bicyclic) bond motifs is 1. The molecular formula is C26H25ClN8O3S. The molecule has 11 nitrogen and oxygen atoms in total. The number of nitrogens with zero attached hydrogens (tertiary/aromatic N) is 5. The summed E-state index contributed by atoms with van der Waals surface area (Å²) in [6.45, 7) is 3.00. The maximum atomic E-state index is 12.8. The van der Waals surface area contributed by atoms with Crippen LogP contribution in [0.2, 0.25) is 5.15 Å². The van der Waals surface area contributed by atoms with Crippen LogP contribution in [0.5, 0.6) is 0 Å². The van der Waals surface area contributed by atoms with Gasteiger partial charge in [0.25, 0.3) is 10.0 Å². The standard InChI is InChI=1S/C26H22ClN7O3S.H3N/c27-25-22(33-38(35,36)20-4-2-1-3-5-20)13-19(15-29-25)18-12-21-24(31-32-26(21)30-16-18)17-6-7-23(28-14-17)34-8-10-37-11-9-34;/h1-7,12-16,33H,8-11H2,(H,30,31,32);1H3. The molecule has 0 radical (unpaired) electrons. The van der Waals surface area contributed by atoms with E-state index in [-0.39, 0.29) is 21.9 Å². The fourth-order valence-corrected chi connectivity index (χ4v) is 5.55. The number of nitrogens with one attached hydrogen (secondary N) is 2. The van der Waals surface area contributed by atoms with Crippen molar-refractivity contribution in [2.45, 2.75) is 4.90 Å². The lowest BCUT2D eigenvalue weighted by Gasteiger charge is -2.27. The number of rotatable bonds is 6. The number of benzene rings is 1. The Morgan fingerprint density at radius 2 is 1.62 bits per heavy atom. The quantitative estimate of drug-likeness (QED) is 0.251. The highest BCUT2D eigenvalue weighted by atomic mass is 35.5. The third kappa shape index (κ3) is 5.40. The zero-order chi connectivity index (χ0) is 26.1. The smallest absolute Gasteiger partial charge is 0.261 e. The molecule has 1 aliphatic heterocycles. The van der Waals surface area contributed by atoms with Gasteiger partial charge in [0.15, 0.2) is 10.8 Å². The van der Waals surface area contributed by atoms with Crippen LogP contribution in [0.4, 0.5) is 11.5 Å². The van der Waals surface area contributed by atoms with Gasteiger partial charge in [-0.15, -0.1) is 0 Å². The second kappa shape index (κ2) is 10.9. The maximum absolute atomic E-state index is 12.8. The molecule has 5 heterocycles. The van der Waals surface area contributed by atoms with Crippen molar-refractivity contribution in [2.24, 2.45) is 0 Å². The van der Waals surface area contributed by atoms with E-state index in [0.29, 0.717) is 30.1 Å². The molecule has 0 atom stereocenters. The van der Waals surface area contributed by atoms with Crippen molar-refractivity contribution in [1.82, 2.24) is 31.3 Å². The minimum absolute atomic E-state index is 0. The predicted octanol–water partition coefficient (Wildman–Crippen LogP) is 4.53. The van der Waals surface area contributed by atoms with Gasteiger partial charge in [0.2, 0.25) is 0 Å². The van der Waals surface area contributed by atoms with Crippen LogP contribution in [0.25, 0.3) is 33.4 Å². The summed E-state index contributed by atoms with van der Waals surface area (Å²) in [6.07, 6.45) is 5.04. The molecular weight excluding hydrogens is 540 g/mol. The molecule has 0 spiro atoms. The van der Waals surface area contributed by atoms with Crippen LogP contribution in [-0.2, 0) is 14.8 Å². The Balaban J connectivity index is 0.00000308. The zero-order valence-corrected chi connectivity index (χ0v) is 22.3. The van der Waals surface area contributed by atoms with Gasteiger partial charge in [-0.25, -0.2) is 23.4 Å². The Bertz CT molecular complexity index is 1710. The van der Waals surface area contributed by atoms with Crippen molar-refractivity contribution in [3.8, 4) is 22.4 Å². The number of hydrogen-bond acceptors (Lipinski definition) is 9. The van der Waals surface area contributed by atoms with Gasteiger partial charge in [-0.2, -0.15) is 5.10 Å². The fraction of sp³-hybridized carbons (Fsp3) is 0.154. The van der Waals surface area contributed by atoms with Gasteiger partial charge < -0.3 is 15.8 Å². The summed E-state index contributed by atoms with van der Waals surface area (Å²) in [6, 6.07) is 15.6. The van der Waals surface area contributed by atoms with Crippen LogP contribution >= 0.6 is 11.6 Å². The molecule has 0 amide bonds. The molecule has 4 aromatic heterocycles. The Morgan fingerprint density at radius 1 is 0.897 bits per heavy atom. The molecule has 200 valence electrons. The summed E-state index contributed by atoms with van der Waals surface area (Å²) >= 11 is 6.24. The highest BCUT2D eigenvalue weighted by Gasteiger charge is 2.18. The van der Waals surface area contributed by atoms with E-state index in [9.17, 15) is 8.42 Å². The number of H-pyrrole nitrogens is 1. The van der Waals surface area contributed by atoms with E-state index in [1.807, 2.05) is 18.2 Å². The van der Waals surface area contributed by atoms with Gasteiger partial charge in [-0.3, -0.25) is 9.82 Å². The molecule has 5 aromatic rings. The number of anilines is 2. The first-order chi connectivity index (χ1) is 18.5. The largest absolute Gasteiger partial charge is 0.378 e. The first-order valence-corrected chi connectivity index (χ1v) is 13.7. The minimum Gasteiger partial charge on any atom is -0.378 e. The second-order valence-electron chi connectivity index (χ2n) is 8.68. The average Bonchev–Trinajstić information content (AvgIpc) is 3.38. The van der Waals surface area contributed by atoms with Gasteiger partial charge in [0, 0.05) is 53.8 Å². The van der Waals surface area contributed by atoms with Crippen LogP contribution in [0.15, 0.2) is 78.1 Å². The lowest BCUT2D eigenvalue weighted by atomic mass is 10.1. The number of ether oxygens (including phenoxy) is 1. The van der Waals surface area contributed by atoms with E-state index in [1.54, 1.807) is 42.9 Å². The van der Waals surface area contributed by atoms with Gasteiger partial charge in [-0.05, 0) is 36.4 Å². The van der Waals surface area contributed by atoms with Crippen molar-refractivity contribution >= 4 is 44.2 Å². The number of halogens is 1. The van der Waals surface area contributed by atoms with E-state index < -0.39 is 10.0 Å². The second-order valence-corrected chi connectivity index (χ2v) is 10.7. The Hall–Kier alpha value is -4.10. The summed E-state index contributed by atoms with van der Waals surface area (Å²) in [4.78, 5) is 15.7. The molecule has 0 unspecified atom stereocenters. The first-order valence-electron chi connectivity index (χ1n) is 11.8. The van der Waals surface area contributed by atoms with E-state index in [2.05, 4.69) is 34.8 Å². The molecule has 0 bridgehead atoms. The molecule has 1 saturated heterocycles. The number of aromatic amines is 1. The van der Waals surface area contributed by atoms with Crippen LogP contribution in [-0.4, -0.2) is 59.9 Å². The van der Waals surface area contributed by atoms with Crippen LogP contribution in [0.1, 0.15) is 0 Å². The molecule has 0 saturated carbocycles. The predicted molar refractivity (Wildman–Crippen MR) is 151 cm³/mol. The molecule has 6 rings (SSSR count). The van der Waals surface area contributed by atoms with Crippen molar-refractivity contribution in [2.75, 3.05) is 35.9 Å². The average molecular weight is 565 g/mol. The van der Waals surface area contributed by atoms with Crippen molar-refractivity contribution in [3.05, 3.63) is 78.3 Å². The monoisotopic (exact) mass is 564 g/mol. The summed E-state index contributed by atoms with van der Waals surface area (Å²) in [5, 5.41) is 8.27. The summed E-state index contributed by atoms with van der Waals surface area (Å²) in [5.74, 6) is 0.897. The highest BCUT2D eigenvalue weighted by molar-refractivity contribution is 7.92. The van der Waals surface area contributed by atoms with Gasteiger partial charge in [-0.1, -0.05) is 29.8 Å². The summed E-state index contributed by atoms with van der Waals surface area (Å²) in [7, 11) is -3.84. The molecule has 1 aromatic carbocycles. The van der Waals surface area contributed by atoms with E-state index in [4.69, 9.17) is 16.3 Å². The molecule has 1 aliphatic rings. The Labute approximate surface area is 229 Å². The molecule has 0 aliphatic carbocycles. The number of hydrogen-bond donors (Lipinski definition) is 3. The van der Waals surface area contributed by atoms with Crippen LogP contribution < -0.4 is 15.8 Å². The van der Waals surface area contributed by atoms with Crippen LogP contribution in [0, 0.1) is 0 Å². The van der Waals surface area contributed by atoms with E-state index in [1.165, 1.54) is 12.1 Å². The third-order valence-electron chi connectivity index (χ3n) is 6.24. The minimum atomic E-state index is -3.84. The Morgan fingerprint density at radius 3 is 2.36 bits per heavy atom. The lowest BCUT2D eigenvalue weighted by molar-refractivity contribution is 0.122. The van der Waals surface area contributed by atoms with Crippen LogP contribution in [0.3, 0.4) is 0 Å². The molecule has 39 heavy (non-hydrogen) atoms. The lowest BCUT2D eigenvalue weighted by Crippen LogP contribution is -2.36.